The first kappa shape index (κ1) is 12.4. The quantitative estimate of drug-likeness (QED) is 0.851. The number of piperidine rings is 1. The van der Waals surface area contributed by atoms with E-state index in [1.54, 1.807) is 16.2 Å². The normalized spacial score (nSPS) is 24.7. The smallest absolute Gasteiger partial charge is 0.322 e. The fourth-order valence-electron chi connectivity index (χ4n) is 2.31. The Balaban J connectivity index is 2.02. The number of amides is 2. The van der Waals surface area contributed by atoms with E-state index < -0.39 is 0 Å². The third-order valence-corrected chi connectivity index (χ3v) is 4.02. The van der Waals surface area contributed by atoms with Crippen LogP contribution in [0.2, 0.25) is 0 Å². The molecule has 0 aliphatic carbocycles. The number of urea groups is 1. The molecule has 2 heterocycles. The van der Waals surface area contributed by atoms with Crippen molar-refractivity contribution in [2.24, 2.45) is 5.92 Å². The van der Waals surface area contributed by atoms with Crippen LogP contribution >= 0.6 is 11.3 Å². The molecule has 0 saturated carbocycles. The van der Waals surface area contributed by atoms with Gasteiger partial charge in [0.2, 0.25) is 0 Å². The molecule has 0 spiro atoms. The third kappa shape index (κ3) is 2.79. The second-order valence-electron chi connectivity index (χ2n) is 4.51. The Labute approximate surface area is 105 Å². The molecule has 1 aromatic heterocycles. The molecule has 1 fully saturated rings. The molecule has 2 amide bonds. The summed E-state index contributed by atoms with van der Waals surface area (Å²) in [7, 11) is 0. The standard InChI is InChI=1S/C12H18N2O2S/c1-9-3-2-5-14(11(9)7-15)12(16)13-10-4-6-17-8-10/h4,6,8-9,11,15H,2-3,5,7H2,1H3,(H,13,16). The van der Waals surface area contributed by atoms with E-state index in [0.717, 1.165) is 25.1 Å². The Kier molecular flexibility index (Phi) is 4.02. The molecule has 0 aromatic carbocycles. The van der Waals surface area contributed by atoms with Crippen LogP contribution < -0.4 is 5.32 Å². The third-order valence-electron chi connectivity index (χ3n) is 3.34. The number of thiophene rings is 1. The van der Waals surface area contributed by atoms with E-state index in [2.05, 4.69) is 12.2 Å². The Morgan fingerprint density at radius 2 is 2.53 bits per heavy atom. The molecule has 2 atom stereocenters. The Bertz CT molecular complexity index is 367. The maximum Gasteiger partial charge on any atom is 0.322 e. The molecule has 2 rings (SSSR count). The summed E-state index contributed by atoms with van der Waals surface area (Å²) in [6, 6.07) is 1.72. The van der Waals surface area contributed by atoms with Crippen LogP contribution in [0.5, 0.6) is 0 Å². The van der Waals surface area contributed by atoms with Gasteiger partial charge in [0.25, 0.3) is 0 Å². The summed E-state index contributed by atoms with van der Waals surface area (Å²) < 4.78 is 0. The molecule has 4 nitrogen and oxygen atoms in total. The fraction of sp³-hybridized carbons (Fsp3) is 0.583. The Morgan fingerprint density at radius 3 is 3.18 bits per heavy atom. The molecule has 94 valence electrons. The molecule has 1 aromatic rings. The summed E-state index contributed by atoms with van der Waals surface area (Å²) >= 11 is 1.55. The van der Waals surface area contributed by atoms with Gasteiger partial charge in [0.1, 0.15) is 0 Å². The van der Waals surface area contributed by atoms with Crippen molar-refractivity contribution in [2.75, 3.05) is 18.5 Å². The van der Waals surface area contributed by atoms with Crippen molar-refractivity contribution in [1.82, 2.24) is 4.90 Å². The van der Waals surface area contributed by atoms with E-state index in [1.165, 1.54) is 0 Å². The highest BCUT2D eigenvalue weighted by molar-refractivity contribution is 7.08. The molecule has 0 radical (unpaired) electrons. The van der Waals surface area contributed by atoms with E-state index in [-0.39, 0.29) is 18.7 Å². The zero-order valence-corrected chi connectivity index (χ0v) is 10.7. The van der Waals surface area contributed by atoms with Crippen molar-refractivity contribution in [3.05, 3.63) is 16.8 Å². The van der Waals surface area contributed by atoms with Crippen LogP contribution in [0, 0.1) is 5.92 Å². The van der Waals surface area contributed by atoms with Gasteiger partial charge in [-0.3, -0.25) is 0 Å². The van der Waals surface area contributed by atoms with Crippen molar-refractivity contribution in [2.45, 2.75) is 25.8 Å². The van der Waals surface area contributed by atoms with Gasteiger partial charge in [0.05, 0.1) is 18.3 Å². The number of hydrogen-bond acceptors (Lipinski definition) is 3. The lowest BCUT2D eigenvalue weighted by atomic mass is 9.91. The number of nitrogens with zero attached hydrogens (tertiary/aromatic N) is 1. The minimum atomic E-state index is -0.103. The van der Waals surface area contributed by atoms with Gasteiger partial charge in [0.15, 0.2) is 0 Å². The molecule has 1 aliphatic rings. The van der Waals surface area contributed by atoms with Crippen molar-refractivity contribution in [3.63, 3.8) is 0 Å². The maximum absolute atomic E-state index is 12.1. The highest BCUT2D eigenvalue weighted by Gasteiger charge is 2.31. The van der Waals surface area contributed by atoms with Crippen molar-refractivity contribution in [1.29, 1.82) is 0 Å². The SMILES string of the molecule is CC1CCCN(C(=O)Nc2ccsc2)C1CO. The zero-order chi connectivity index (χ0) is 12.3. The zero-order valence-electron chi connectivity index (χ0n) is 9.93. The average Bonchev–Trinajstić information content (AvgIpc) is 2.81. The van der Waals surface area contributed by atoms with Gasteiger partial charge < -0.3 is 15.3 Å². The van der Waals surface area contributed by atoms with Gasteiger partial charge in [-0.25, -0.2) is 4.79 Å². The summed E-state index contributed by atoms with van der Waals surface area (Å²) in [5.41, 5.74) is 0.829. The predicted molar refractivity (Wildman–Crippen MR) is 69.3 cm³/mol. The highest BCUT2D eigenvalue weighted by Crippen LogP contribution is 2.24. The van der Waals surface area contributed by atoms with Crippen LogP contribution in [-0.4, -0.2) is 35.2 Å². The first-order valence-electron chi connectivity index (χ1n) is 5.93. The summed E-state index contributed by atoms with van der Waals surface area (Å²) in [5.74, 6) is 0.363. The number of anilines is 1. The Morgan fingerprint density at radius 1 is 1.71 bits per heavy atom. The number of rotatable bonds is 2. The number of aliphatic hydroxyl groups excluding tert-OH is 1. The van der Waals surface area contributed by atoms with Gasteiger partial charge in [-0.15, -0.1) is 0 Å². The molecular weight excluding hydrogens is 236 g/mol. The van der Waals surface area contributed by atoms with Crippen LogP contribution in [0.25, 0.3) is 0 Å². The Hall–Kier alpha value is -1.07. The van der Waals surface area contributed by atoms with Gasteiger partial charge in [-0.05, 0) is 30.2 Å². The van der Waals surface area contributed by atoms with E-state index in [4.69, 9.17) is 0 Å². The van der Waals surface area contributed by atoms with Gasteiger partial charge in [-0.2, -0.15) is 11.3 Å². The molecule has 1 aliphatic heterocycles. The highest BCUT2D eigenvalue weighted by atomic mass is 32.1. The van der Waals surface area contributed by atoms with Crippen LogP contribution in [0.1, 0.15) is 19.8 Å². The van der Waals surface area contributed by atoms with Crippen molar-refractivity contribution >= 4 is 23.1 Å². The molecule has 1 saturated heterocycles. The van der Waals surface area contributed by atoms with E-state index >= 15 is 0 Å². The lowest BCUT2D eigenvalue weighted by molar-refractivity contribution is 0.0811. The van der Waals surface area contributed by atoms with Crippen LogP contribution in [-0.2, 0) is 0 Å². The molecular formula is C12H18N2O2S. The van der Waals surface area contributed by atoms with Crippen LogP contribution in [0.15, 0.2) is 16.8 Å². The lowest BCUT2D eigenvalue weighted by Gasteiger charge is -2.38. The number of carbonyl (C=O) groups is 1. The second-order valence-corrected chi connectivity index (χ2v) is 5.29. The summed E-state index contributed by atoms with van der Waals surface area (Å²) in [4.78, 5) is 13.8. The van der Waals surface area contributed by atoms with E-state index in [9.17, 15) is 9.90 Å². The minimum Gasteiger partial charge on any atom is -0.394 e. The first-order valence-corrected chi connectivity index (χ1v) is 6.87. The summed E-state index contributed by atoms with van der Waals surface area (Å²) in [6.45, 7) is 2.86. The topological polar surface area (TPSA) is 52.6 Å². The first-order chi connectivity index (χ1) is 8.22. The van der Waals surface area contributed by atoms with Gasteiger partial charge in [0, 0.05) is 11.9 Å². The monoisotopic (exact) mass is 254 g/mol. The number of aliphatic hydroxyl groups is 1. The van der Waals surface area contributed by atoms with E-state index in [0.29, 0.717) is 5.92 Å². The van der Waals surface area contributed by atoms with Crippen molar-refractivity contribution < 1.29 is 9.90 Å². The number of carbonyl (C=O) groups excluding carboxylic acids is 1. The predicted octanol–water partition coefficient (Wildman–Crippen LogP) is 2.37. The summed E-state index contributed by atoms with van der Waals surface area (Å²) in [6.07, 6.45) is 2.09. The molecule has 2 N–H and O–H groups in total. The molecule has 5 heteroatoms. The molecule has 2 unspecified atom stereocenters. The van der Waals surface area contributed by atoms with Gasteiger partial charge in [-0.1, -0.05) is 6.92 Å². The largest absolute Gasteiger partial charge is 0.394 e. The summed E-state index contributed by atoms with van der Waals surface area (Å²) in [5, 5.41) is 16.1. The number of nitrogens with one attached hydrogen (secondary N) is 1. The second kappa shape index (κ2) is 5.51. The average molecular weight is 254 g/mol. The van der Waals surface area contributed by atoms with Gasteiger partial charge >= 0.3 is 6.03 Å². The minimum absolute atomic E-state index is 0.0399. The van der Waals surface area contributed by atoms with Crippen LogP contribution in [0.3, 0.4) is 0 Å². The lowest BCUT2D eigenvalue weighted by Crippen LogP contribution is -2.51. The van der Waals surface area contributed by atoms with E-state index in [1.807, 2.05) is 16.8 Å². The fourth-order valence-corrected chi connectivity index (χ4v) is 2.90. The molecule has 17 heavy (non-hydrogen) atoms. The maximum atomic E-state index is 12.1. The number of likely N-dealkylation sites (tertiary alicyclic amines) is 1. The molecule has 0 bridgehead atoms. The van der Waals surface area contributed by atoms with Crippen molar-refractivity contribution in [3.8, 4) is 0 Å². The number of hydrogen-bond donors (Lipinski definition) is 2. The van der Waals surface area contributed by atoms with Crippen LogP contribution in [0.4, 0.5) is 10.5 Å².